The van der Waals surface area contributed by atoms with Crippen LogP contribution in [0.3, 0.4) is 0 Å². The molecule has 30 heavy (non-hydrogen) atoms. The molecular weight excluding hydrogens is 382 g/mol. The molecule has 2 heterocycles. The van der Waals surface area contributed by atoms with Crippen molar-refractivity contribution in [2.45, 2.75) is 13.0 Å². The van der Waals surface area contributed by atoms with Gasteiger partial charge in [-0.2, -0.15) is 5.10 Å². The molecule has 7 nitrogen and oxygen atoms in total. The smallest absolute Gasteiger partial charge is 0.331 e. The SMILES string of the molecule is C[C@H](OC(=O)/C=C/c1cn(-c2ccccc2)nc1-c1cc2ccccc2o1)C(N)=O. The molecule has 0 fully saturated rings. The van der Waals surface area contributed by atoms with Gasteiger partial charge in [-0.05, 0) is 37.3 Å². The first-order valence-electron chi connectivity index (χ1n) is 9.33. The minimum atomic E-state index is -1.01. The van der Waals surface area contributed by atoms with Gasteiger partial charge in [-0.1, -0.05) is 36.4 Å². The lowest BCUT2D eigenvalue weighted by Gasteiger charge is -2.06. The number of esters is 1. The van der Waals surface area contributed by atoms with E-state index in [0.717, 1.165) is 16.7 Å². The zero-order valence-electron chi connectivity index (χ0n) is 16.2. The van der Waals surface area contributed by atoms with Crippen LogP contribution in [0.25, 0.3) is 34.2 Å². The quantitative estimate of drug-likeness (QED) is 0.392. The number of fused-ring (bicyclic) bond motifs is 1. The molecule has 2 N–H and O–H groups in total. The first kappa shape index (κ1) is 19.2. The van der Waals surface area contributed by atoms with Gasteiger partial charge >= 0.3 is 5.97 Å². The van der Waals surface area contributed by atoms with Crippen LogP contribution in [0, 0.1) is 0 Å². The minimum Gasteiger partial charge on any atom is -0.454 e. The van der Waals surface area contributed by atoms with E-state index >= 15 is 0 Å². The predicted molar refractivity (Wildman–Crippen MR) is 113 cm³/mol. The summed E-state index contributed by atoms with van der Waals surface area (Å²) >= 11 is 0. The van der Waals surface area contributed by atoms with E-state index in [1.165, 1.54) is 13.0 Å². The van der Waals surface area contributed by atoms with Crippen LogP contribution in [0.1, 0.15) is 12.5 Å². The van der Waals surface area contributed by atoms with E-state index in [1.807, 2.05) is 60.7 Å². The molecule has 2 aromatic heterocycles. The normalized spacial score (nSPS) is 12.3. The lowest BCUT2D eigenvalue weighted by atomic mass is 10.2. The highest BCUT2D eigenvalue weighted by Crippen LogP contribution is 2.30. The molecule has 0 aliphatic rings. The summed E-state index contributed by atoms with van der Waals surface area (Å²) in [5, 5.41) is 5.61. The highest BCUT2D eigenvalue weighted by Gasteiger charge is 2.16. The highest BCUT2D eigenvalue weighted by molar-refractivity contribution is 5.91. The van der Waals surface area contributed by atoms with Gasteiger partial charge < -0.3 is 14.9 Å². The van der Waals surface area contributed by atoms with E-state index in [1.54, 1.807) is 17.0 Å². The number of furan rings is 1. The van der Waals surface area contributed by atoms with E-state index in [0.29, 0.717) is 17.0 Å². The van der Waals surface area contributed by atoms with Crippen molar-refractivity contribution in [3.05, 3.63) is 78.5 Å². The van der Waals surface area contributed by atoms with Gasteiger partial charge in [0.15, 0.2) is 11.9 Å². The van der Waals surface area contributed by atoms with Crippen LogP contribution < -0.4 is 5.73 Å². The Labute approximate surface area is 172 Å². The number of para-hydroxylation sites is 2. The number of hydrogen-bond donors (Lipinski definition) is 1. The largest absolute Gasteiger partial charge is 0.454 e. The summed E-state index contributed by atoms with van der Waals surface area (Å²) in [7, 11) is 0. The lowest BCUT2D eigenvalue weighted by molar-refractivity contribution is -0.148. The summed E-state index contributed by atoms with van der Waals surface area (Å²) in [5.41, 5.74) is 7.96. The van der Waals surface area contributed by atoms with Crippen LogP contribution in [-0.4, -0.2) is 27.8 Å². The van der Waals surface area contributed by atoms with Crippen LogP contribution in [0.2, 0.25) is 0 Å². The second kappa shape index (κ2) is 8.08. The predicted octanol–water partition coefficient (Wildman–Crippen LogP) is 3.72. The fourth-order valence-electron chi connectivity index (χ4n) is 2.94. The Morgan fingerprint density at radius 1 is 1.13 bits per heavy atom. The molecule has 150 valence electrons. The van der Waals surface area contributed by atoms with Crippen molar-refractivity contribution in [1.82, 2.24) is 9.78 Å². The molecule has 0 spiro atoms. The molecule has 0 aliphatic heterocycles. The van der Waals surface area contributed by atoms with Gasteiger partial charge in [0.25, 0.3) is 5.91 Å². The maximum absolute atomic E-state index is 12.0. The number of nitrogens with zero attached hydrogens (tertiary/aromatic N) is 2. The summed E-state index contributed by atoms with van der Waals surface area (Å²) in [4.78, 5) is 23.1. The second-order valence-corrected chi connectivity index (χ2v) is 6.68. The van der Waals surface area contributed by atoms with Crippen LogP contribution in [-0.2, 0) is 14.3 Å². The summed E-state index contributed by atoms with van der Waals surface area (Å²) in [6.45, 7) is 1.42. The average Bonchev–Trinajstić information content (AvgIpc) is 3.36. The Bertz CT molecular complexity index is 1200. The number of carbonyl (C=O) groups is 2. The van der Waals surface area contributed by atoms with Crippen LogP contribution in [0.5, 0.6) is 0 Å². The van der Waals surface area contributed by atoms with E-state index in [9.17, 15) is 9.59 Å². The highest BCUT2D eigenvalue weighted by atomic mass is 16.5. The Hall–Kier alpha value is -4.13. The van der Waals surface area contributed by atoms with E-state index in [2.05, 4.69) is 5.10 Å². The summed E-state index contributed by atoms with van der Waals surface area (Å²) < 4.78 is 12.6. The number of primary amides is 1. The van der Waals surface area contributed by atoms with Gasteiger partial charge in [-0.15, -0.1) is 0 Å². The maximum atomic E-state index is 12.0. The average molecular weight is 401 g/mol. The number of nitrogens with two attached hydrogens (primary N) is 1. The number of hydrogen-bond acceptors (Lipinski definition) is 5. The van der Waals surface area contributed by atoms with Crippen LogP contribution in [0.15, 0.2) is 77.4 Å². The Morgan fingerprint density at radius 2 is 1.87 bits per heavy atom. The monoisotopic (exact) mass is 401 g/mol. The molecule has 0 aliphatic carbocycles. The van der Waals surface area contributed by atoms with E-state index in [4.69, 9.17) is 14.9 Å². The number of amides is 1. The lowest BCUT2D eigenvalue weighted by Crippen LogP contribution is -2.29. The molecule has 1 amide bonds. The molecule has 0 bridgehead atoms. The van der Waals surface area contributed by atoms with Crippen molar-refractivity contribution < 1.29 is 18.7 Å². The molecule has 0 radical (unpaired) electrons. The molecule has 4 aromatic rings. The minimum absolute atomic E-state index is 0.571. The Kier molecular flexibility index (Phi) is 5.17. The van der Waals surface area contributed by atoms with Gasteiger partial charge in [0, 0.05) is 23.2 Å². The zero-order valence-corrected chi connectivity index (χ0v) is 16.2. The third kappa shape index (κ3) is 4.00. The standard InChI is InChI=1S/C23H19N3O4/c1-15(23(24)28)29-21(27)12-11-17-14-26(18-8-3-2-4-9-18)25-22(17)20-13-16-7-5-6-10-19(16)30-20/h2-15H,1H3,(H2,24,28)/b12-11+/t15-/m0/s1. The number of rotatable bonds is 6. The molecule has 0 saturated heterocycles. The molecule has 7 heteroatoms. The van der Waals surface area contributed by atoms with Gasteiger partial charge in [-0.3, -0.25) is 4.79 Å². The van der Waals surface area contributed by atoms with Crippen LogP contribution in [0.4, 0.5) is 0 Å². The maximum Gasteiger partial charge on any atom is 0.331 e. The number of benzene rings is 2. The van der Waals surface area contributed by atoms with Crippen molar-refractivity contribution in [2.24, 2.45) is 5.73 Å². The van der Waals surface area contributed by atoms with Gasteiger partial charge in [0.1, 0.15) is 11.3 Å². The number of carbonyl (C=O) groups excluding carboxylic acids is 2. The first-order chi connectivity index (χ1) is 14.5. The summed E-state index contributed by atoms with van der Waals surface area (Å²) in [6.07, 6.45) is 3.59. The van der Waals surface area contributed by atoms with E-state index in [-0.39, 0.29) is 0 Å². The molecule has 0 unspecified atom stereocenters. The molecule has 2 aromatic carbocycles. The third-order valence-electron chi connectivity index (χ3n) is 4.51. The number of aromatic nitrogens is 2. The van der Waals surface area contributed by atoms with Crippen molar-refractivity contribution in [2.75, 3.05) is 0 Å². The Morgan fingerprint density at radius 3 is 2.60 bits per heavy atom. The molecule has 0 saturated carbocycles. The van der Waals surface area contributed by atoms with Crippen molar-refractivity contribution in [3.63, 3.8) is 0 Å². The third-order valence-corrected chi connectivity index (χ3v) is 4.51. The van der Waals surface area contributed by atoms with Crippen molar-refractivity contribution >= 4 is 28.9 Å². The summed E-state index contributed by atoms with van der Waals surface area (Å²) in [6, 6.07) is 19.2. The van der Waals surface area contributed by atoms with E-state index < -0.39 is 18.0 Å². The van der Waals surface area contributed by atoms with Gasteiger partial charge in [0.05, 0.1) is 5.69 Å². The Balaban J connectivity index is 1.72. The fraction of sp³-hybridized carbons (Fsp3) is 0.0870. The first-order valence-corrected chi connectivity index (χ1v) is 9.33. The molecular formula is C23H19N3O4. The zero-order chi connectivity index (χ0) is 21.1. The summed E-state index contributed by atoms with van der Waals surface area (Å²) in [5.74, 6) is -0.815. The van der Waals surface area contributed by atoms with Gasteiger partial charge in [-0.25, -0.2) is 9.48 Å². The number of ether oxygens (including phenoxy) is 1. The topological polar surface area (TPSA) is 100 Å². The molecule has 4 rings (SSSR count). The van der Waals surface area contributed by atoms with Crippen LogP contribution >= 0.6 is 0 Å². The van der Waals surface area contributed by atoms with Gasteiger partial charge in [0.2, 0.25) is 0 Å². The fourth-order valence-corrected chi connectivity index (χ4v) is 2.94. The molecule has 1 atom stereocenters. The van der Waals surface area contributed by atoms with Crippen molar-refractivity contribution in [1.29, 1.82) is 0 Å². The second-order valence-electron chi connectivity index (χ2n) is 6.68. The van der Waals surface area contributed by atoms with Crippen molar-refractivity contribution in [3.8, 4) is 17.1 Å².